The maximum atomic E-state index is 5.70. The Balaban J connectivity index is 2.46. The smallest absolute Gasteiger partial charge is 0.0731 e. The molecule has 0 bridgehead atoms. The molecule has 0 radical (unpaired) electrons. The summed E-state index contributed by atoms with van der Waals surface area (Å²) in [6, 6.07) is 3.71. The Morgan fingerprint density at radius 2 is 2.33 bits per heavy atom. The lowest BCUT2D eigenvalue weighted by molar-refractivity contribution is 1.13. The van der Waals surface area contributed by atoms with Crippen LogP contribution in [-0.2, 0) is 5.75 Å². The monoisotopic (exact) mass is 183 g/mol. The standard InChI is InChI=1S/C8H13N3S/c9-3-5-12-6-8-7(10)2-1-4-11-8/h1-2,4H,3,5-6,9-10H2. The van der Waals surface area contributed by atoms with Crippen molar-refractivity contribution in [2.45, 2.75) is 5.75 Å². The van der Waals surface area contributed by atoms with Crippen LogP contribution in [0.25, 0.3) is 0 Å². The van der Waals surface area contributed by atoms with Crippen LogP contribution in [0.1, 0.15) is 5.69 Å². The van der Waals surface area contributed by atoms with Gasteiger partial charge in [-0.3, -0.25) is 4.98 Å². The fourth-order valence-electron chi connectivity index (χ4n) is 0.823. The van der Waals surface area contributed by atoms with E-state index >= 15 is 0 Å². The first-order valence-electron chi connectivity index (χ1n) is 3.81. The van der Waals surface area contributed by atoms with Crippen LogP contribution < -0.4 is 11.5 Å². The number of pyridine rings is 1. The molecular weight excluding hydrogens is 170 g/mol. The molecule has 0 spiro atoms. The number of aromatic nitrogens is 1. The van der Waals surface area contributed by atoms with Gasteiger partial charge >= 0.3 is 0 Å². The fourth-order valence-corrected chi connectivity index (χ4v) is 1.57. The summed E-state index contributed by atoms with van der Waals surface area (Å²) in [5.74, 6) is 1.81. The van der Waals surface area contributed by atoms with Gasteiger partial charge in [0.25, 0.3) is 0 Å². The summed E-state index contributed by atoms with van der Waals surface area (Å²) < 4.78 is 0. The molecule has 0 saturated heterocycles. The van der Waals surface area contributed by atoms with Crippen LogP contribution in [0.3, 0.4) is 0 Å². The van der Waals surface area contributed by atoms with Crippen LogP contribution in [0.2, 0.25) is 0 Å². The van der Waals surface area contributed by atoms with Crippen molar-refractivity contribution < 1.29 is 0 Å². The third kappa shape index (κ3) is 2.71. The van der Waals surface area contributed by atoms with Gasteiger partial charge in [-0.15, -0.1) is 0 Å². The summed E-state index contributed by atoms with van der Waals surface area (Å²) in [6.07, 6.45) is 1.76. The van der Waals surface area contributed by atoms with Crippen molar-refractivity contribution in [3.05, 3.63) is 24.0 Å². The van der Waals surface area contributed by atoms with E-state index in [1.807, 2.05) is 12.1 Å². The van der Waals surface area contributed by atoms with Crippen LogP contribution in [0, 0.1) is 0 Å². The topological polar surface area (TPSA) is 64.9 Å². The van der Waals surface area contributed by atoms with Crippen molar-refractivity contribution in [1.29, 1.82) is 0 Å². The molecule has 1 rings (SSSR count). The van der Waals surface area contributed by atoms with E-state index in [-0.39, 0.29) is 0 Å². The average Bonchev–Trinajstić information content (AvgIpc) is 2.09. The lowest BCUT2D eigenvalue weighted by Crippen LogP contribution is -2.02. The molecule has 4 heteroatoms. The number of anilines is 1. The van der Waals surface area contributed by atoms with E-state index in [9.17, 15) is 0 Å². The van der Waals surface area contributed by atoms with Gasteiger partial charge in [0.15, 0.2) is 0 Å². The molecule has 12 heavy (non-hydrogen) atoms. The SMILES string of the molecule is NCCSCc1ncccc1N. The van der Waals surface area contributed by atoms with Crippen LogP contribution in [-0.4, -0.2) is 17.3 Å². The highest BCUT2D eigenvalue weighted by molar-refractivity contribution is 7.98. The Morgan fingerprint density at radius 1 is 1.50 bits per heavy atom. The van der Waals surface area contributed by atoms with Crippen LogP contribution in [0.5, 0.6) is 0 Å². The van der Waals surface area contributed by atoms with Crippen LogP contribution in [0.15, 0.2) is 18.3 Å². The second-order valence-electron chi connectivity index (χ2n) is 2.38. The molecule has 0 amide bonds. The molecular formula is C8H13N3S. The lowest BCUT2D eigenvalue weighted by Gasteiger charge is -2.02. The van der Waals surface area contributed by atoms with Crippen molar-refractivity contribution in [1.82, 2.24) is 4.98 Å². The number of nitrogen functional groups attached to an aromatic ring is 1. The highest BCUT2D eigenvalue weighted by Gasteiger charge is 1.97. The lowest BCUT2D eigenvalue weighted by atomic mass is 10.3. The third-order valence-corrected chi connectivity index (χ3v) is 2.43. The van der Waals surface area contributed by atoms with Gasteiger partial charge in [0.2, 0.25) is 0 Å². The van der Waals surface area contributed by atoms with Crippen molar-refractivity contribution in [3.8, 4) is 0 Å². The highest BCUT2D eigenvalue weighted by atomic mass is 32.2. The summed E-state index contributed by atoms with van der Waals surface area (Å²) in [7, 11) is 0. The third-order valence-electron chi connectivity index (χ3n) is 1.43. The average molecular weight is 183 g/mol. The van der Waals surface area contributed by atoms with Crippen LogP contribution in [0.4, 0.5) is 5.69 Å². The van der Waals surface area contributed by atoms with Crippen molar-refractivity contribution in [2.24, 2.45) is 5.73 Å². The zero-order valence-corrected chi connectivity index (χ0v) is 7.68. The van der Waals surface area contributed by atoms with Gasteiger partial charge in [0.05, 0.1) is 11.4 Å². The molecule has 0 atom stereocenters. The predicted octanol–water partition coefficient (Wildman–Crippen LogP) is 0.856. The van der Waals surface area contributed by atoms with Crippen molar-refractivity contribution >= 4 is 17.4 Å². The van der Waals surface area contributed by atoms with E-state index in [1.54, 1.807) is 18.0 Å². The Kier molecular flexibility index (Phi) is 3.90. The molecule has 3 nitrogen and oxygen atoms in total. The predicted molar refractivity (Wildman–Crippen MR) is 53.9 cm³/mol. The minimum atomic E-state index is 0.706. The van der Waals surface area contributed by atoms with Gasteiger partial charge in [0.1, 0.15) is 0 Å². The van der Waals surface area contributed by atoms with E-state index in [0.717, 1.165) is 22.9 Å². The fraction of sp³-hybridized carbons (Fsp3) is 0.375. The Hall–Kier alpha value is -0.740. The van der Waals surface area contributed by atoms with Crippen molar-refractivity contribution in [3.63, 3.8) is 0 Å². The number of thioether (sulfide) groups is 1. The van der Waals surface area contributed by atoms with Gasteiger partial charge in [0, 0.05) is 24.2 Å². The highest BCUT2D eigenvalue weighted by Crippen LogP contribution is 2.14. The Morgan fingerprint density at radius 3 is 3.00 bits per heavy atom. The maximum Gasteiger partial charge on any atom is 0.0731 e. The van der Waals surface area contributed by atoms with Gasteiger partial charge < -0.3 is 11.5 Å². The molecule has 66 valence electrons. The quantitative estimate of drug-likeness (QED) is 0.679. The Labute approximate surface area is 76.5 Å². The van der Waals surface area contributed by atoms with Crippen molar-refractivity contribution in [2.75, 3.05) is 18.0 Å². The Bertz CT molecular complexity index is 239. The van der Waals surface area contributed by atoms with Gasteiger partial charge in [-0.2, -0.15) is 11.8 Å². The normalized spacial score (nSPS) is 10.1. The molecule has 0 aliphatic heterocycles. The van der Waals surface area contributed by atoms with E-state index in [0.29, 0.717) is 6.54 Å². The molecule has 0 unspecified atom stereocenters. The second kappa shape index (κ2) is 5.00. The largest absolute Gasteiger partial charge is 0.397 e. The molecule has 0 aromatic carbocycles. The first-order valence-corrected chi connectivity index (χ1v) is 4.97. The molecule has 1 aromatic heterocycles. The number of nitrogens with zero attached hydrogens (tertiary/aromatic N) is 1. The molecule has 0 aliphatic rings. The summed E-state index contributed by atoms with van der Waals surface area (Å²) in [5, 5.41) is 0. The molecule has 4 N–H and O–H groups in total. The van der Waals surface area contributed by atoms with E-state index < -0.39 is 0 Å². The summed E-state index contributed by atoms with van der Waals surface area (Å²) >= 11 is 1.75. The molecule has 0 aliphatic carbocycles. The molecule has 1 heterocycles. The van der Waals surface area contributed by atoms with Gasteiger partial charge in [-0.05, 0) is 12.1 Å². The number of nitrogens with two attached hydrogens (primary N) is 2. The zero-order chi connectivity index (χ0) is 8.81. The van der Waals surface area contributed by atoms with Crippen LogP contribution >= 0.6 is 11.8 Å². The first-order chi connectivity index (χ1) is 5.84. The first kappa shape index (κ1) is 9.35. The summed E-state index contributed by atoms with van der Waals surface area (Å²) in [6.45, 7) is 0.706. The number of hydrogen-bond donors (Lipinski definition) is 2. The van der Waals surface area contributed by atoms with Gasteiger partial charge in [-0.25, -0.2) is 0 Å². The molecule has 0 saturated carbocycles. The number of rotatable bonds is 4. The van der Waals surface area contributed by atoms with E-state index in [1.165, 1.54) is 0 Å². The van der Waals surface area contributed by atoms with E-state index in [2.05, 4.69) is 4.98 Å². The number of hydrogen-bond acceptors (Lipinski definition) is 4. The summed E-state index contributed by atoms with van der Waals surface area (Å²) in [5.41, 5.74) is 12.8. The minimum absolute atomic E-state index is 0.706. The summed E-state index contributed by atoms with van der Waals surface area (Å²) in [4.78, 5) is 4.16. The molecule has 1 aromatic rings. The second-order valence-corrected chi connectivity index (χ2v) is 3.49. The maximum absolute atomic E-state index is 5.70. The van der Waals surface area contributed by atoms with Gasteiger partial charge in [-0.1, -0.05) is 0 Å². The molecule has 0 fully saturated rings. The van der Waals surface area contributed by atoms with E-state index in [4.69, 9.17) is 11.5 Å². The zero-order valence-electron chi connectivity index (χ0n) is 6.86. The minimum Gasteiger partial charge on any atom is -0.397 e.